The quantitative estimate of drug-likeness (QED) is 0.143. The molecule has 0 bridgehead atoms. The van der Waals surface area contributed by atoms with Crippen LogP contribution in [-0.4, -0.2) is 36.5 Å². The highest BCUT2D eigenvalue weighted by molar-refractivity contribution is 6.35. The van der Waals surface area contributed by atoms with Crippen molar-refractivity contribution in [3.05, 3.63) is 92.3 Å². The van der Waals surface area contributed by atoms with Crippen LogP contribution in [0.25, 0.3) is 22.3 Å². The second-order valence-electron chi connectivity index (χ2n) is 8.23. The van der Waals surface area contributed by atoms with Crippen molar-refractivity contribution < 1.29 is 9.37 Å². The Morgan fingerprint density at radius 1 is 0.949 bits per heavy atom. The number of aromatic amines is 2. The number of H-pyrrole nitrogens is 2. The van der Waals surface area contributed by atoms with Crippen LogP contribution in [0.15, 0.2) is 75.2 Å². The second-order valence-corrected chi connectivity index (χ2v) is 9.07. The van der Waals surface area contributed by atoms with Gasteiger partial charge in [-0.1, -0.05) is 41.4 Å². The Hall–Kier alpha value is -4.94. The number of rotatable bonds is 8. The zero-order chi connectivity index (χ0) is 26.8. The van der Waals surface area contributed by atoms with Crippen molar-refractivity contribution in [1.29, 1.82) is 0 Å². The fourth-order valence-corrected chi connectivity index (χ4v) is 4.19. The Balaban J connectivity index is 1.23. The third-order valence-electron chi connectivity index (χ3n) is 5.58. The Bertz CT molecular complexity index is 1900. The van der Waals surface area contributed by atoms with Gasteiger partial charge in [0.2, 0.25) is 11.3 Å². The zero-order valence-corrected chi connectivity index (χ0v) is 21.3. The summed E-state index contributed by atoms with van der Waals surface area (Å²) in [7, 11) is 0. The largest absolute Gasteiger partial charge is 0.488 e. The molecule has 0 aliphatic carbocycles. The summed E-state index contributed by atoms with van der Waals surface area (Å²) in [4.78, 5) is 25.9. The molecule has 194 valence electrons. The van der Waals surface area contributed by atoms with Crippen molar-refractivity contribution >= 4 is 69.1 Å². The maximum Gasteiger partial charge on any atom is 0.323 e. The number of hydrazone groups is 1. The summed E-state index contributed by atoms with van der Waals surface area (Å²) in [6, 6.07) is 18.0. The molecule has 3 aromatic carbocycles. The topological polar surface area (TPSA) is 159 Å². The number of anilines is 3. The minimum Gasteiger partial charge on any atom is -0.488 e. The molecule has 0 fully saturated rings. The van der Waals surface area contributed by atoms with Gasteiger partial charge in [-0.3, -0.25) is 5.43 Å². The molecule has 0 saturated heterocycles. The first kappa shape index (κ1) is 24.4. The van der Waals surface area contributed by atoms with Crippen molar-refractivity contribution in [3.8, 4) is 5.75 Å². The third kappa shape index (κ3) is 5.37. The molecule has 0 spiro atoms. The fraction of sp³-hybridized carbons (Fsp3) is 0.0400. The molecule has 12 nitrogen and oxygen atoms in total. The van der Waals surface area contributed by atoms with Crippen LogP contribution in [0.4, 0.5) is 17.3 Å². The van der Waals surface area contributed by atoms with Gasteiger partial charge in [0, 0.05) is 26.9 Å². The predicted molar refractivity (Wildman–Crippen MR) is 148 cm³/mol. The number of halogens is 2. The van der Waals surface area contributed by atoms with Gasteiger partial charge in [0.05, 0.1) is 17.2 Å². The highest BCUT2D eigenvalue weighted by Crippen LogP contribution is 2.26. The van der Waals surface area contributed by atoms with E-state index in [4.69, 9.17) is 32.6 Å². The van der Waals surface area contributed by atoms with Crippen molar-refractivity contribution in [1.82, 2.24) is 30.2 Å². The number of fused-ring (bicyclic) bond motifs is 2. The summed E-state index contributed by atoms with van der Waals surface area (Å²) < 4.78 is 10.7. The summed E-state index contributed by atoms with van der Waals surface area (Å²) in [5.74, 6) is 1.18. The number of hydrogen-bond donors (Lipinski definition) is 4. The van der Waals surface area contributed by atoms with E-state index in [1.165, 1.54) is 0 Å². The van der Waals surface area contributed by atoms with Gasteiger partial charge in [-0.15, -0.1) is 0 Å². The predicted octanol–water partition coefficient (Wildman–Crippen LogP) is 5.26. The molecule has 0 aliphatic heterocycles. The molecule has 4 N–H and O–H groups in total. The Labute approximate surface area is 229 Å². The van der Waals surface area contributed by atoms with Gasteiger partial charge in [0.25, 0.3) is 0 Å². The third-order valence-corrected chi connectivity index (χ3v) is 6.17. The van der Waals surface area contributed by atoms with Crippen molar-refractivity contribution in [3.63, 3.8) is 0 Å². The second kappa shape index (κ2) is 10.4. The van der Waals surface area contributed by atoms with E-state index >= 15 is 0 Å². The standard InChI is InChI=1S/C25H17Cl2N9O3/c26-15-6-5-14(17(27)9-15)12-38-20-4-2-1-3-13(20)11-28-34-22-21(32-23-24(33-22)36-39-35-23)29-16-7-8-18-19(10-16)31-25(37)30-18/h1-11H,12H2,(H,29,32,35)(H2,30,31,37)(H,33,34,36)/b28-11+. The Kier molecular flexibility index (Phi) is 6.53. The lowest BCUT2D eigenvalue weighted by Gasteiger charge is -2.11. The van der Waals surface area contributed by atoms with Crippen molar-refractivity contribution in [2.45, 2.75) is 6.61 Å². The number of ether oxygens (including phenoxy) is 1. The first-order valence-corrected chi connectivity index (χ1v) is 12.2. The van der Waals surface area contributed by atoms with Crippen LogP contribution in [0.5, 0.6) is 5.75 Å². The highest BCUT2D eigenvalue weighted by Gasteiger charge is 2.13. The lowest BCUT2D eigenvalue weighted by atomic mass is 10.2. The Morgan fingerprint density at radius 2 is 1.74 bits per heavy atom. The maximum atomic E-state index is 11.6. The summed E-state index contributed by atoms with van der Waals surface area (Å²) in [6.45, 7) is 0.250. The van der Waals surface area contributed by atoms with Crippen LogP contribution in [-0.2, 0) is 6.61 Å². The number of aromatic nitrogens is 6. The van der Waals surface area contributed by atoms with Crippen molar-refractivity contribution in [2.24, 2.45) is 5.10 Å². The average Bonchev–Trinajstić information content (AvgIpc) is 3.53. The van der Waals surface area contributed by atoms with E-state index in [0.717, 1.165) is 5.56 Å². The van der Waals surface area contributed by atoms with Crippen LogP contribution in [0.3, 0.4) is 0 Å². The monoisotopic (exact) mass is 561 g/mol. The van der Waals surface area contributed by atoms with Crippen LogP contribution >= 0.6 is 23.2 Å². The van der Waals surface area contributed by atoms with E-state index < -0.39 is 0 Å². The molecule has 0 saturated carbocycles. The van der Waals surface area contributed by atoms with Crippen LogP contribution in [0, 0.1) is 0 Å². The molecular formula is C25H17Cl2N9O3. The van der Waals surface area contributed by atoms with Crippen LogP contribution in [0.1, 0.15) is 11.1 Å². The van der Waals surface area contributed by atoms with Gasteiger partial charge in [-0.2, -0.15) is 10.1 Å². The summed E-state index contributed by atoms with van der Waals surface area (Å²) in [6.07, 6.45) is 1.59. The van der Waals surface area contributed by atoms with E-state index in [-0.39, 0.29) is 29.4 Å². The SMILES string of the molecule is O=c1[nH]c2ccc(Nc3nc4nonc4nc3N/N=C/c3ccccc3OCc3ccc(Cl)cc3Cl)cc2[nH]1. The molecule has 14 heteroatoms. The van der Waals surface area contributed by atoms with Gasteiger partial charge >= 0.3 is 5.69 Å². The van der Waals surface area contributed by atoms with E-state index in [2.05, 4.69) is 46.1 Å². The first-order chi connectivity index (χ1) is 19.0. The number of nitrogens with zero attached hydrogens (tertiary/aromatic N) is 5. The Morgan fingerprint density at radius 3 is 2.59 bits per heavy atom. The lowest BCUT2D eigenvalue weighted by molar-refractivity contribution is 0.306. The average molecular weight is 562 g/mol. The van der Waals surface area contributed by atoms with Gasteiger partial charge in [0.15, 0.2) is 11.6 Å². The normalized spacial score (nSPS) is 11.4. The summed E-state index contributed by atoms with van der Waals surface area (Å²) in [5, 5.41) is 16.1. The molecule has 6 rings (SSSR count). The van der Waals surface area contributed by atoms with Crippen molar-refractivity contribution in [2.75, 3.05) is 10.7 Å². The van der Waals surface area contributed by atoms with E-state index in [0.29, 0.717) is 43.9 Å². The van der Waals surface area contributed by atoms with E-state index in [9.17, 15) is 4.79 Å². The number of para-hydroxylation sites is 1. The molecule has 0 atom stereocenters. The van der Waals surface area contributed by atoms with Crippen LogP contribution < -0.4 is 21.2 Å². The number of benzene rings is 3. The van der Waals surface area contributed by atoms with Gasteiger partial charge < -0.3 is 20.0 Å². The fourth-order valence-electron chi connectivity index (χ4n) is 3.73. The molecule has 3 heterocycles. The van der Waals surface area contributed by atoms with Crippen LogP contribution in [0.2, 0.25) is 10.0 Å². The molecule has 0 radical (unpaired) electrons. The maximum absolute atomic E-state index is 11.6. The number of imidazole rings is 1. The number of nitrogens with one attached hydrogen (secondary N) is 4. The number of hydrogen-bond acceptors (Lipinski definition) is 10. The molecule has 0 amide bonds. The van der Waals surface area contributed by atoms with Gasteiger partial charge in [0.1, 0.15) is 12.4 Å². The van der Waals surface area contributed by atoms with E-state index in [1.54, 1.807) is 36.5 Å². The zero-order valence-electron chi connectivity index (χ0n) is 19.8. The minimum atomic E-state index is -0.297. The van der Waals surface area contributed by atoms with Gasteiger partial charge in [-0.25, -0.2) is 14.4 Å². The summed E-state index contributed by atoms with van der Waals surface area (Å²) >= 11 is 12.3. The van der Waals surface area contributed by atoms with Gasteiger partial charge in [-0.05, 0) is 52.8 Å². The van der Waals surface area contributed by atoms with E-state index in [1.807, 2.05) is 30.3 Å². The smallest absolute Gasteiger partial charge is 0.323 e. The molecule has 0 unspecified atom stereocenters. The highest BCUT2D eigenvalue weighted by atomic mass is 35.5. The lowest BCUT2D eigenvalue weighted by Crippen LogP contribution is -2.04. The first-order valence-electron chi connectivity index (χ1n) is 11.5. The molecule has 3 aromatic heterocycles. The molecule has 6 aromatic rings. The molecule has 0 aliphatic rings. The molecular weight excluding hydrogens is 545 g/mol. The molecule has 39 heavy (non-hydrogen) atoms. The minimum absolute atomic E-state index is 0.201. The summed E-state index contributed by atoms with van der Waals surface area (Å²) in [5.41, 5.74) is 6.47.